The van der Waals surface area contributed by atoms with Gasteiger partial charge in [0, 0.05) is 11.3 Å². The molecule has 1 heterocycles. The predicted molar refractivity (Wildman–Crippen MR) is 136 cm³/mol. The van der Waals surface area contributed by atoms with Crippen molar-refractivity contribution in [2.75, 3.05) is 0 Å². The number of amides is 1. The first-order valence-corrected chi connectivity index (χ1v) is 14.0. The van der Waals surface area contributed by atoms with Gasteiger partial charge >= 0.3 is 0 Å². The second kappa shape index (κ2) is 9.26. The van der Waals surface area contributed by atoms with Crippen LogP contribution in [-0.4, -0.2) is 28.9 Å². The third-order valence-electron chi connectivity index (χ3n) is 7.72. The van der Waals surface area contributed by atoms with E-state index in [0.717, 1.165) is 48.9 Å². The van der Waals surface area contributed by atoms with Crippen LogP contribution in [0.4, 0.5) is 0 Å². The van der Waals surface area contributed by atoms with Gasteiger partial charge < -0.3 is 5.32 Å². The number of rotatable bonds is 6. The van der Waals surface area contributed by atoms with Crippen molar-refractivity contribution in [1.82, 2.24) is 15.1 Å². The molecule has 7 heteroatoms. The van der Waals surface area contributed by atoms with Crippen LogP contribution in [0.3, 0.4) is 0 Å². The lowest BCUT2D eigenvalue weighted by atomic mass is 9.92. The third kappa shape index (κ3) is 4.20. The van der Waals surface area contributed by atoms with E-state index in [1.165, 1.54) is 5.56 Å². The molecule has 6 nitrogen and oxygen atoms in total. The van der Waals surface area contributed by atoms with Crippen LogP contribution in [0.1, 0.15) is 72.5 Å². The highest BCUT2D eigenvalue weighted by atomic mass is 32.2. The van der Waals surface area contributed by atoms with Crippen molar-refractivity contribution in [3.63, 3.8) is 0 Å². The molecule has 2 aromatic carbocycles. The van der Waals surface area contributed by atoms with Crippen LogP contribution in [0, 0.1) is 13.8 Å². The van der Waals surface area contributed by atoms with Gasteiger partial charge in [-0.15, -0.1) is 0 Å². The van der Waals surface area contributed by atoms with E-state index in [1.807, 2.05) is 48.1 Å². The van der Waals surface area contributed by atoms with Gasteiger partial charge in [-0.3, -0.25) is 9.48 Å². The second-order valence-corrected chi connectivity index (χ2v) is 12.3. The van der Waals surface area contributed by atoms with Crippen LogP contribution in [0.5, 0.6) is 0 Å². The zero-order chi connectivity index (χ0) is 24.6. The summed E-state index contributed by atoms with van der Waals surface area (Å²) in [5.41, 5.74) is 4.89. The number of benzene rings is 2. The van der Waals surface area contributed by atoms with E-state index < -0.39 is 14.6 Å². The highest BCUT2D eigenvalue weighted by Gasteiger charge is 2.53. The molecule has 2 aliphatic rings. The van der Waals surface area contributed by atoms with Crippen LogP contribution < -0.4 is 5.32 Å². The summed E-state index contributed by atoms with van der Waals surface area (Å²) in [6.07, 6.45) is 6.67. The lowest BCUT2D eigenvalue weighted by Crippen LogP contribution is -2.51. The number of aryl methyl sites for hydroxylation is 2. The Bertz CT molecular complexity index is 1340. The molecule has 184 valence electrons. The van der Waals surface area contributed by atoms with E-state index in [2.05, 4.69) is 22.5 Å². The Hall–Kier alpha value is -2.93. The molecule has 5 rings (SSSR count). The SMILES string of the molecule is Cc1ccc(C)c(S(=O)(=O)C2(C(=O)NC3CCCc4c3cnn4Cc3ccccc3)CCCC2)c1. The number of fused-ring (bicyclic) bond motifs is 1. The number of carbonyl (C=O) groups is 1. The van der Waals surface area contributed by atoms with Gasteiger partial charge in [-0.2, -0.15) is 5.10 Å². The molecule has 1 atom stereocenters. The molecule has 1 N–H and O–H groups in total. The Kier molecular flexibility index (Phi) is 6.30. The summed E-state index contributed by atoms with van der Waals surface area (Å²) in [7, 11) is -3.85. The van der Waals surface area contributed by atoms with Gasteiger partial charge in [-0.05, 0) is 68.7 Å². The van der Waals surface area contributed by atoms with Crippen molar-refractivity contribution in [3.05, 3.63) is 82.7 Å². The first-order valence-electron chi connectivity index (χ1n) is 12.5. The minimum atomic E-state index is -3.85. The fourth-order valence-corrected chi connectivity index (χ4v) is 8.11. The molecule has 0 saturated heterocycles. The zero-order valence-corrected chi connectivity index (χ0v) is 21.3. The number of nitrogens with one attached hydrogen (secondary N) is 1. The molecule has 0 radical (unpaired) electrons. The zero-order valence-electron chi connectivity index (χ0n) is 20.5. The molecule has 1 aromatic heterocycles. The van der Waals surface area contributed by atoms with Crippen LogP contribution in [0.15, 0.2) is 59.6 Å². The van der Waals surface area contributed by atoms with Crippen LogP contribution in [0.2, 0.25) is 0 Å². The van der Waals surface area contributed by atoms with E-state index in [9.17, 15) is 13.2 Å². The van der Waals surface area contributed by atoms with Crippen molar-refractivity contribution in [1.29, 1.82) is 0 Å². The summed E-state index contributed by atoms with van der Waals surface area (Å²) in [6, 6.07) is 15.4. The smallest absolute Gasteiger partial charge is 0.242 e. The van der Waals surface area contributed by atoms with Crippen molar-refractivity contribution in [3.8, 4) is 0 Å². The molecule has 1 saturated carbocycles. The van der Waals surface area contributed by atoms with E-state index in [1.54, 1.807) is 13.0 Å². The lowest BCUT2D eigenvalue weighted by molar-refractivity contribution is -0.124. The number of nitrogens with zero attached hydrogens (tertiary/aromatic N) is 2. The van der Waals surface area contributed by atoms with Crippen molar-refractivity contribution >= 4 is 15.7 Å². The van der Waals surface area contributed by atoms with E-state index in [-0.39, 0.29) is 16.8 Å². The minimum absolute atomic E-state index is 0.220. The Labute approximate surface area is 207 Å². The third-order valence-corrected chi connectivity index (χ3v) is 10.4. The maximum absolute atomic E-state index is 14.0. The monoisotopic (exact) mass is 491 g/mol. The van der Waals surface area contributed by atoms with Crippen molar-refractivity contribution < 1.29 is 13.2 Å². The molecule has 0 bridgehead atoms. The fourth-order valence-electron chi connectivity index (χ4n) is 5.72. The minimum Gasteiger partial charge on any atom is -0.348 e. The quantitative estimate of drug-likeness (QED) is 0.536. The maximum Gasteiger partial charge on any atom is 0.242 e. The number of hydrogen-bond acceptors (Lipinski definition) is 4. The molecular formula is C28H33N3O3S. The van der Waals surface area contributed by atoms with E-state index in [0.29, 0.717) is 24.9 Å². The number of aromatic nitrogens is 2. The molecule has 1 unspecified atom stereocenters. The predicted octanol–water partition coefficient (Wildman–Crippen LogP) is 4.83. The van der Waals surface area contributed by atoms with Crippen LogP contribution in [-0.2, 0) is 27.6 Å². The van der Waals surface area contributed by atoms with Gasteiger partial charge in [-0.1, -0.05) is 55.3 Å². The van der Waals surface area contributed by atoms with E-state index >= 15 is 0 Å². The van der Waals surface area contributed by atoms with Crippen molar-refractivity contribution in [2.45, 2.75) is 81.0 Å². The summed E-state index contributed by atoms with van der Waals surface area (Å²) in [5, 5.41) is 7.80. The largest absolute Gasteiger partial charge is 0.348 e. The van der Waals surface area contributed by atoms with Gasteiger partial charge in [0.2, 0.25) is 5.91 Å². The average molecular weight is 492 g/mol. The normalized spacial score (nSPS) is 19.3. The van der Waals surface area contributed by atoms with Gasteiger partial charge in [-0.25, -0.2) is 8.42 Å². The Morgan fingerprint density at radius 1 is 1.09 bits per heavy atom. The molecule has 35 heavy (non-hydrogen) atoms. The number of carbonyl (C=O) groups excluding carboxylic acids is 1. The Morgan fingerprint density at radius 2 is 1.83 bits per heavy atom. The van der Waals surface area contributed by atoms with Gasteiger partial charge in [0.05, 0.1) is 23.7 Å². The topological polar surface area (TPSA) is 81.1 Å². The molecular weight excluding hydrogens is 458 g/mol. The lowest BCUT2D eigenvalue weighted by Gasteiger charge is -2.32. The summed E-state index contributed by atoms with van der Waals surface area (Å²) < 4.78 is 28.6. The van der Waals surface area contributed by atoms with Gasteiger partial charge in [0.15, 0.2) is 14.6 Å². The molecule has 0 spiro atoms. The first-order chi connectivity index (χ1) is 16.8. The summed E-state index contributed by atoms with van der Waals surface area (Å²) in [5.74, 6) is -0.357. The Balaban J connectivity index is 1.44. The summed E-state index contributed by atoms with van der Waals surface area (Å²) in [6.45, 7) is 4.37. The highest BCUT2D eigenvalue weighted by Crippen LogP contribution is 2.43. The molecule has 1 fully saturated rings. The number of hydrogen-bond donors (Lipinski definition) is 1. The molecule has 3 aromatic rings. The van der Waals surface area contributed by atoms with Gasteiger partial charge in [0.1, 0.15) is 0 Å². The molecule has 0 aliphatic heterocycles. The molecule has 2 aliphatic carbocycles. The fraction of sp³-hybridized carbons (Fsp3) is 0.429. The van der Waals surface area contributed by atoms with Crippen LogP contribution >= 0.6 is 0 Å². The first kappa shape index (κ1) is 23.8. The second-order valence-electron chi connectivity index (χ2n) is 10.1. The Morgan fingerprint density at radius 3 is 2.57 bits per heavy atom. The summed E-state index contributed by atoms with van der Waals surface area (Å²) >= 11 is 0. The van der Waals surface area contributed by atoms with Crippen molar-refractivity contribution in [2.24, 2.45) is 0 Å². The van der Waals surface area contributed by atoms with Crippen LogP contribution in [0.25, 0.3) is 0 Å². The standard InChI is InChI=1S/C28H33N3O3S/c1-20-13-14-21(2)26(17-20)35(33,34)28(15-6-7-16-28)27(32)30-24-11-8-12-25-23(24)18-29-31(25)19-22-9-4-3-5-10-22/h3-5,9-10,13-14,17-18,24H,6-8,11-12,15-16,19H2,1-2H3,(H,30,32). The molecule has 1 amide bonds. The highest BCUT2D eigenvalue weighted by molar-refractivity contribution is 7.93. The average Bonchev–Trinajstić information content (AvgIpc) is 3.51. The maximum atomic E-state index is 14.0. The number of sulfone groups is 1. The van der Waals surface area contributed by atoms with E-state index in [4.69, 9.17) is 0 Å². The summed E-state index contributed by atoms with van der Waals surface area (Å²) in [4.78, 5) is 14.1. The van der Waals surface area contributed by atoms with Gasteiger partial charge in [0.25, 0.3) is 0 Å².